The summed E-state index contributed by atoms with van der Waals surface area (Å²) in [4.78, 5) is 13.7. The van der Waals surface area contributed by atoms with Gasteiger partial charge in [-0.3, -0.25) is 0 Å². The molecule has 0 radical (unpaired) electrons. The molecular weight excluding hydrogens is 294 g/mol. The number of carbonyl (C=O) groups is 1. The molecule has 1 aromatic carbocycles. The maximum Gasteiger partial charge on any atom is 0.337 e. The van der Waals surface area contributed by atoms with Crippen molar-refractivity contribution < 1.29 is 19.0 Å². The average Bonchev–Trinajstić information content (AvgIpc) is 2.96. The van der Waals surface area contributed by atoms with Crippen LogP contribution in [0.1, 0.15) is 23.2 Å². The summed E-state index contributed by atoms with van der Waals surface area (Å²) in [5.41, 5.74) is 1.39. The van der Waals surface area contributed by atoms with E-state index < -0.39 is 5.79 Å². The largest absolute Gasteiger partial charge is 0.465 e. The number of nitrogens with zero attached hydrogens (tertiary/aromatic N) is 1. The molecule has 21 heavy (non-hydrogen) atoms. The van der Waals surface area contributed by atoms with Gasteiger partial charge in [-0.25, -0.2) is 4.79 Å². The van der Waals surface area contributed by atoms with Crippen LogP contribution in [0.5, 0.6) is 0 Å². The molecule has 2 heterocycles. The molecule has 0 N–H and O–H groups in total. The minimum absolute atomic E-state index is 0.381. The summed E-state index contributed by atoms with van der Waals surface area (Å²) >= 11 is 6.30. The molecule has 114 valence electrons. The predicted molar refractivity (Wildman–Crippen MR) is 78.9 cm³/mol. The number of anilines is 1. The molecule has 0 bridgehead atoms. The second kappa shape index (κ2) is 5.83. The van der Waals surface area contributed by atoms with Gasteiger partial charge in [0, 0.05) is 25.9 Å². The molecular formula is C15H18ClNO4. The van der Waals surface area contributed by atoms with Gasteiger partial charge in [-0.1, -0.05) is 11.6 Å². The highest BCUT2D eigenvalue weighted by atomic mass is 35.5. The van der Waals surface area contributed by atoms with Gasteiger partial charge in [-0.2, -0.15) is 0 Å². The van der Waals surface area contributed by atoms with Crippen molar-refractivity contribution in [1.29, 1.82) is 0 Å². The summed E-state index contributed by atoms with van der Waals surface area (Å²) in [6, 6.07) is 5.25. The maximum absolute atomic E-state index is 11.5. The standard InChI is InChI=1S/C15H18ClNO4/c1-19-14(18)11-2-3-13(12(16)10-11)17-6-4-15(5-7-17)20-8-9-21-15/h2-3,10H,4-9H2,1H3. The topological polar surface area (TPSA) is 48.0 Å². The van der Waals surface area contributed by atoms with Crippen LogP contribution in [-0.2, 0) is 14.2 Å². The summed E-state index contributed by atoms with van der Waals surface area (Å²) in [6.45, 7) is 2.98. The predicted octanol–water partition coefficient (Wildman–Crippen LogP) is 2.47. The molecule has 3 rings (SSSR count). The Kier molecular flexibility index (Phi) is 4.06. The second-order valence-corrected chi connectivity index (χ2v) is 5.66. The van der Waals surface area contributed by atoms with Crippen molar-refractivity contribution in [2.75, 3.05) is 38.3 Å². The van der Waals surface area contributed by atoms with Crippen molar-refractivity contribution in [2.24, 2.45) is 0 Å². The normalized spacial score (nSPS) is 20.8. The fourth-order valence-corrected chi connectivity index (χ4v) is 3.18. The monoisotopic (exact) mass is 311 g/mol. The van der Waals surface area contributed by atoms with Gasteiger partial charge in [0.25, 0.3) is 0 Å². The number of benzene rings is 1. The van der Waals surface area contributed by atoms with Crippen LogP contribution in [0.3, 0.4) is 0 Å². The van der Waals surface area contributed by atoms with E-state index in [1.54, 1.807) is 12.1 Å². The number of ether oxygens (including phenoxy) is 3. The Balaban J connectivity index is 1.72. The fourth-order valence-electron chi connectivity index (χ4n) is 2.88. The first-order valence-corrected chi connectivity index (χ1v) is 7.42. The Morgan fingerprint density at radius 1 is 1.29 bits per heavy atom. The van der Waals surface area contributed by atoms with Gasteiger partial charge >= 0.3 is 5.97 Å². The van der Waals surface area contributed by atoms with E-state index in [1.807, 2.05) is 6.07 Å². The van der Waals surface area contributed by atoms with E-state index in [9.17, 15) is 4.79 Å². The molecule has 1 spiro atoms. The summed E-state index contributed by atoms with van der Waals surface area (Å²) < 4.78 is 16.1. The first-order chi connectivity index (χ1) is 10.1. The minimum atomic E-state index is -0.394. The van der Waals surface area contributed by atoms with Crippen molar-refractivity contribution in [3.8, 4) is 0 Å². The van der Waals surface area contributed by atoms with Crippen molar-refractivity contribution in [3.63, 3.8) is 0 Å². The third-order valence-electron chi connectivity index (χ3n) is 4.05. The van der Waals surface area contributed by atoms with E-state index >= 15 is 0 Å². The lowest BCUT2D eigenvalue weighted by Crippen LogP contribution is -2.45. The molecule has 1 aromatic rings. The molecule has 0 atom stereocenters. The fraction of sp³-hybridized carbons (Fsp3) is 0.533. The summed E-state index contributed by atoms with van der Waals surface area (Å²) in [5.74, 6) is -0.775. The summed E-state index contributed by atoms with van der Waals surface area (Å²) in [6.07, 6.45) is 1.64. The second-order valence-electron chi connectivity index (χ2n) is 5.25. The number of methoxy groups -OCH3 is 1. The Labute approximate surface area is 128 Å². The number of hydrogen-bond donors (Lipinski definition) is 0. The molecule has 0 unspecified atom stereocenters. The zero-order chi connectivity index (χ0) is 14.9. The van der Waals surface area contributed by atoms with Crippen LogP contribution in [0.25, 0.3) is 0 Å². The lowest BCUT2D eigenvalue weighted by atomic mass is 10.0. The van der Waals surface area contributed by atoms with Crippen molar-refractivity contribution in [3.05, 3.63) is 28.8 Å². The highest BCUT2D eigenvalue weighted by molar-refractivity contribution is 6.33. The van der Waals surface area contributed by atoms with Crippen LogP contribution >= 0.6 is 11.6 Å². The van der Waals surface area contributed by atoms with Crippen LogP contribution < -0.4 is 4.90 Å². The number of esters is 1. The quantitative estimate of drug-likeness (QED) is 0.785. The van der Waals surface area contributed by atoms with Gasteiger partial charge in [0.05, 0.1) is 36.6 Å². The van der Waals surface area contributed by atoms with E-state index in [2.05, 4.69) is 4.90 Å². The van der Waals surface area contributed by atoms with E-state index in [-0.39, 0.29) is 5.97 Å². The number of halogens is 1. The number of rotatable bonds is 2. The molecule has 0 aromatic heterocycles. The summed E-state index contributed by atoms with van der Waals surface area (Å²) in [5, 5.41) is 0.558. The van der Waals surface area contributed by atoms with Crippen LogP contribution in [0.2, 0.25) is 5.02 Å². The molecule has 2 aliphatic heterocycles. The van der Waals surface area contributed by atoms with Gasteiger partial charge in [-0.15, -0.1) is 0 Å². The third-order valence-corrected chi connectivity index (χ3v) is 4.35. The van der Waals surface area contributed by atoms with E-state index in [1.165, 1.54) is 7.11 Å². The number of carbonyl (C=O) groups excluding carboxylic acids is 1. The van der Waals surface area contributed by atoms with Crippen molar-refractivity contribution in [1.82, 2.24) is 0 Å². The van der Waals surface area contributed by atoms with E-state index in [0.29, 0.717) is 23.8 Å². The Hall–Kier alpha value is -1.30. The minimum Gasteiger partial charge on any atom is -0.465 e. The third kappa shape index (κ3) is 2.86. The van der Waals surface area contributed by atoms with Crippen molar-refractivity contribution in [2.45, 2.75) is 18.6 Å². The highest BCUT2D eigenvalue weighted by Gasteiger charge is 2.40. The van der Waals surface area contributed by atoms with Gasteiger partial charge < -0.3 is 19.1 Å². The first-order valence-electron chi connectivity index (χ1n) is 7.04. The lowest BCUT2D eigenvalue weighted by molar-refractivity contribution is -0.169. The molecule has 2 saturated heterocycles. The zero-order valence-electron chi connectivity index (χ0n) is 11.9. The maximum atomic E-state index is 11.5. The molecule has 0 amide bonds. The highest BCUT2D eigenvalue weighted by Crippen LogP contribution is 2.35. The zero-order valence-corrected chi connectivity index (χ0v) is 12.7. The van der Waals surface area contributed by atoms with Crippen LogP contribution in [0, 0.1) is 0 Å². The first kappa shape index (κ1) is 14.6. The van der Waals surface area contributed by atoms with Crippen LogP contribution in [0.4, 0.5) is 5.69 Å². The summed E-state index contributed by atoms with van der Waals surface area (Å²) in [7, 11) is 1.36. The molecule has 0 saturated carbocycles. The van der Waals surface area contributed by atoms with Gasteiger partial charge in [-0.05, 0) is 18.2 Å². The Bertz CT molecular complexity index is 532. The van der Waals surface area contributed by atoms with Crippen LogP contribution in [0.15, 0.2) is 18.2 Å². The molecule has 2 fully saturated rings. The molecule has 0 aliphatic carbocycles. The molecule has 6 heteroatoms. The Morgan fingerprint density at radius 3 is 2.52 bits per heavy atom. The van der Waals surface area contributed by atoms with Crippen LogP contribution in [-0.4, -0.2) is 45.2 Å². The van der Waals surface area contributed by atoms with Gasteiger partial charge in [0.15, 0.2) is 5.79 Å². The lowest BCUT2D eigenvalue weighted by Gasteiger charge is -2.39. The average molecular weight is 312 g/mol. The van der Waals surface area contributed by atoms with Crippen molar-refractivity contribution >= 4 is 23.3 Å². The smallest absolute Gasteiger partial charge is 0.337 e. The molecule has 5 nitrogen and oxygen atoms in total. The SMILES string of the molecule is COC(=O)c1ccc(N2CCC3(CC2)OCCO3)c(Cl)c1. The van der Waals surface area contributed by atoms with Gasteiger partial charge in [0.1, 0.15) is 0 Å². The Morgan fingerprint density at radius 2 is 1.95 bits per heavy atom. The number of piperidine rings is 1. The molecule has 2 aliphatic rings. The van der Waals surface area contributed by atoms with Gasteiger partial charge in [0.2, 0.25) is 0 Å². The number of hydrogen-bond acceptors (Lipinski definition) is 5. The van der Waals surface area contributed by atoms with E-state index in [4.69, 9.17) is 25.8 Å². The van der Waals surface area contributed by atoms with E-state index in [0.717, 1.165) is 31.6 Å².